The van der Waals surface area contributed by atoms with Gasteiger partial charge in [-0.15, -0.1) is 0 Å². The first-order chi connectivity index (χ1) is 10.4. The summed E-state index contributed by atoms with van der Waals surface area (Å²) in [6, 6.07) is 8.38. The Balaban J connectivity index is 3.02. The second-order valence-corrected chi connectivity index (χ2v) is 4.85. The summed E-state index contributed by atoms with van der Waals surface area (Å²) in [5.74, 6) is -1.72. The van der Waals surface area contributed by atoms with Gasteiger partial charge in [-0.25, -0.2) is 4.79 Å². The summed E-state index contributed by atoms with van der Waals surface area (Å²) in [5.41, 5.74) is 9.16. The normalized spacial score (nSPS) is 13.1. The van der Waals surface area contributed by atoms with E-state index in [9.17, 15) is 14.7 Å². The summed E-state index contributed by atoms with van der Waals surface area (Å²) in [5, 5.41) is 12.4. The summed E-state index contributed by atoms with van der Waals surface area (Å²) in [7, 11) is 0. The van der Waals surface area contributed by atoms with Crippen LogP contribution >= 0.6 is 0 Å². The summed E-state index contributed by atoms with van der Waals surface area (Å²) in [6.07, 6.45) is 0.469. The second kappa shape index (κ2) is 8.14. The number of carbonyl (C=O) groups excluding carboxylic acids is 1. The minimum Gasteiger partial charge on any atom is -0.480 e. The topological polar surface area (TPSA) is 131 Å². The third-order valence-corrected chi connectivity index (χ3v) is 3.27. The van der Waals surface area contributed by atoms with Gasteiger partial charge in [-0.2, -0.15) is 0 Å². The number of Topliss-reactive ketones (excluding diaryl/α,β-unsaturated/α-hetero) is 1. The van der Waals surface area contributed by atoms with E-state index in [1.165, 1.54) is 0 Å². The molecule has 0 unspecified atom stereocenters. The number of rotatable bonds is 9. The van der Waals surface area contributed by atoms with Crippen LogP contribution < -0.4 is 16.8 Å². The molecule has 7 nitrogen and oxygen atoms in total. The molecule has 1 rings (SSSR count). The molecular weight excluding hydrogens is 284 g/mol. The molecule has 120 valence electrons. The highest BCUT2D eigenvalue weighted by Crippen LogP contribution is 2.20. The fraction of sp³-hybridized carbons (Fsp3) is 0.400. The van der Waals surface area contributed by atoms with Gasteiger partial charge in [0.15, 0.2) is 17.3 Å². The smallest absolute Gasteiger partial charge is 0.332 e. The molecule has 0 bridgehead atoms. The first-order valence-corrected chi connectivity index (χ1v) is 7.07. The van der Waals surface area contributed by atoms with Gasteiger partial charge in [-0.1, -0.05) is 37.3 Å². The second-order valence-electron chi connectivity index (χ2n) is 4.85. The zero-order valence-electron chi connectivity index (χ0n) is 12.6. The van der Waals surface area contributed by atoms with E-state index >= 15 is 0 Å². The van der Waals surface area contributed by atoms with Crippen molar-refractivity contribution < 1.29 is 14.7 Å². The number of likely N-dealkylation sites (N-methyl/N-ethyl adjacent to an activating group) is 1. The molecule has 0 aliphatic carbocycles. The first-order valence-electron chi connectivity index (χ1n) is 7.07. The molecule has 0 amide bonds. The summed E-state index contributed by atoms with van der Waals surface area (Å²) >= 11 is 0. The number of nitrogens with zero attached hydrogens (tertiary/aromatic N) is 1. The Morgan fingerprint density at radius 1 is 1.27 bits per heavy atom. The van der Waals surface area contributed by atoms with Crippen LogP contribution in [0.5, 0.6) is 0 Å². The van der Waals surface area contributed by atoms with Gasteiger partial charge in [0.25, 0.3) is 0 Å². The molecular formula is C15H22N4O3. The van der Waals surface area contributed by atoms with E-state index in [2.05, 4.69) is 10.3 Å². The van der Waals surface area contributed by atoms with Crippen LogP contribution in [0.3, 0.4) is 0 Å². The summed E-state index contributed by atoms with van der Waals surface area (Å²) in [4.78, 5) is 28.3. The SMILES string of the molecule is CCN[C@@](CCCN=C(N)N)(C(=O)O)C(=O)c1ccccc1. The van der Waals surface area contributed by atoms with Crippen molar-refractivity contribution in [1.82, 2.24) is 5.32 Å². The van der Waals surface area contributed by atoms with Crippen LogP contribution in [0.2, 0.25) is 0 Å². The Kier molecular flexibility index (Phi) is 6.52. The molecule has 0 aliphatic rings. The van der Waals surface area contributed by atoms with E-state index in [4.69, 9.17) is 11.5 Å². The Labute approximate surface area is 129 Å². The third kappa shape index (κ3) is 4.29. The van der Waals surface area contributed by atoms with Crippen LogP contribution in [-0.2, 0) is 4.79 Å². The van der Waals surface area contributed by atoms with E-state index in [1.807, 2.05) is 0 Å². The number of benzene rings is 1. The average Bonchev–Trinajstić information content (AvgIpc) is 2.50. The van der Waals surface area contributed by atoms with Crippen LogP contribution in [0.4, 0.5) is 0 Å². The monoisotopic (exact) mass is 306 g/mol. The average molecular weight is 306 g/mol. The predicted octanol–water partition coefficient (Wildman–Crippen LogP) is 0.356. The number of carboxylic acid groups (broad SMARTS) is 1. The zero-order chi connectivity index (χ0) is 16.6. The first kappa shape index (κ1) is 17.6. The van der Waals surface area contributed by atoms with Crippen molar-refractivity contribution in [3.8, 4) is 0 Å². The molecule has 0 aliphatic heterocycles. The Hall–Kier alpha value is -2.41. The molecule has 0 saturated heterocycles. The molecule has 7 heteroatoms. The predicted molar refractivity (Wildman–Crippen MR) is 84.7 cm³/mol. The van der Waals surface area contributed by atoms with Crippen molar-refractivity contribution in [2.45, 2.75) is 25.3 Å². The van der Waals surface area contributed by atoms with Gasteiger partial charge in [0.1, 0.15) is 0 Å². The van der Waals surface area contributed by atoms with Gasteiger partial charge in [-0.05, 0) is 19.4 Å². The van der Waals surface area contributed by atoms with Gasteiger partial charge in [0.05, 0.1) is 0 Å². The zero-order valence-corrected chi connectivity index (χ0v) is 12.6. The number of nitrogens with two attached hydrogens (primary N) is 2. The number of ketones is 1. The molecule has 1 aromatic rings. The fourth-order valence-electron chi connectivity index (χ4n) is 2.25. The van der Waals surface area contributed by atoms with E-state index in [0.717, 1.165) is 0 Å². The molecule has 0 heterocycles. The van der Waals surface area contributed by atoms with E-state index in [1.54, 1.807) is 37.3 Å². The van der Waals surface area contributed by atoms with Gasteiger partial charge in [0.2, 0.25) is 0 Å². The Morgan fingerprint density at radius 3 is 2.41 bits per heavy atom. The quantitative estimate of drug-likeness (QED) is 0.171. The van der Waals surface area contributed by atoms with Crippen molar-refractivity contribution in [3.63, 3.8) is 0 Å². The molecule has 1 aromatic carbocycles. The Morgan fingerprint density at radius 2 is 1.91 bits per heavy atom. The maximum atomic E-state index is 12.7. The van der Waals surface area contributed by atoms with E-state index in [0.29, 0.717) is 18.5 Å². The minimum atomic E-state index is -1.67. The molecule has 0 radical (unpaired) electrons. The summed E-state index contributed by atoms with van der Waals surface area (Å²) < 4.78 is 0. The molecule has 22 heavy (non-hydrogen) atoms. The highest BCUT2D eigenvalue weighted by molar-refractivity contribution is 6.16. The summed E-state index contributed by atoms with van der Waals surface area (Å²) in [6.45, 7) is 2.38. The van der Waals surface area contributed by atoms with Crippen LogP contribution in [0.25, 0.3) is 0 Å². The third-order valence-electron chi connectivity index (χ3n) is 3.27. The molecule has 0 fully saturated rings. The van der Waals surface area contributed by atoms with Crippen LogP contribution in [0.15, 0.2) is 35.3 Å². The highest BCUT2D eigenvalue weighted by atomic mass is 16.4. The number of nitrogens with one attached hydrogen (secondary N) is 1. The van der Waals surface area contributed by atoms with E-state index in [-0.39, 0.29) is 18.9 Å². The maximum absolute atomic E-state index is 12.7. The van der Waals surface area contributed by atoms with Crippen molar-refractivity contribution in [1.29, 1.82) is 0 Å². The van der Waals surface area contributed by atoms with E-state index < -0.39 is 17.3 Å². The number of carbonyl (C=O) groups is 2. The number of aliphatic carboxylic acids is 1. The van der Waals surface area contributed by atoms with Gasteiger partial charge in [-0.3, -0.25) is 15.1 Å². The van der Waals surface area contributed by atoms with Crippen molar-refractivity contribution in [2.75, 3.05) is 13.1 Å². The van der Waals surface area contributed by atoms with Crippen LogP contribution in [0.1, 0.15) is 30.1 Å². The molecule has 1 atom stereocenters. The Bertz CT molecular complexity index is 541. The molecule has 0 aromatic heterocycles. The van der Waals surface area contributed by atoms with Gasteiger partial charge < -0.3 is 16.6 Å². The van der Waals surface area contributed by atoms with Crippen molar-refractivity contribution >= 4 is 17.7 Å². The van der Waals surface area contributed by atoms with Gasteiger partial charge in [0, 0.05) is 12.1 Å². The minimum absolute atomic E-state index is 0.0567. The molecule has 0 spiro atoms. The lowest BCUT2D eigenvalue weighted by Gasteiger charge is -2.28. The van der Waals surface area contributed by atoms with Crippen LogP contribution in [-0.4, -0.2) is 41.4 Å². The standard InChI is InChI=1S/C15H22N4O3/c1-2-19-15(13(21)22,9-6-10-18-14(16)17)12(20)11-7-4-3-5-8-11/h3-5,7-8,19H,2,6,9-10H2,1H3,(H,21,22)(H4,16,17,18)/t15-/m1/s1. The number of aliphatic imine (C=N–C) groups is 1. The lowest BCUT2D eigenvalue weighted by molar-refractivity contribution is -0.142. The lowest BCUT2D eigenvalue weighted by atomic mass is 9.84. The largest absolute Gasteiger partial charge is 0.480 e. The van der Waals surface area contributed by atoms with Crippen molar-refractivity contribution in [3.05, 3.63) is 35.9 Å². The number of hydrogen-bond acceptors (Lipinski definition) is 4. The maximum Gasteiger partial charge on any atom is 0.332 e. The molecule has 0 saturated carbocycles. The van der Waals surface area contributed by atoms with Crippen molar-refractivity contribution in [2.24, 2.45) is 16.5 Å². The number of hydrogen-bond donors (Lipinski definition) is 4. The molecule has 6 N–H and O–H groups in total. The number of guanidine groups is 1. The van der Waals surface area contributed by atoms with Crippen LogP contribution in [0, 0.1) is 0 Å². The number of carboxylic acids is 1. The lowest BCUT2D eigenvalue weighted by Crippen LogP contribution is -2.58. The van der Waals surface area contributed by atoms with Gasteiger partial charge >= 0.3 is 5.97 Å². The highest BCUT2D eigenvalue weighted by Gasteiger charge is 2.45. The fourth-order valence-corrected chi connectivity index (χ4v) is 2.25.